The van der Waals surface area contributed by atoms with E-state index < -0.39 is 0 Å². The van der Waals surface area contributed by atoms with Crippen LogP contribution in [-0.4, -0.2) is 23.1 Å². The number of halogens is 2. The molecule has 0 aromatic carbocycles. The summed E-state index contributed by atoms with van der Waals surface area (Å²) in [6.45, 7) is 0.0290. The van der Waals surface area contributed by atoms with E-state index >= 15 is 0 Å². The summed E-state index contributed by atoms with van der Waals surface area (Å²) >= 11 is 11.4. The normalized spacial score (nSPS) is 9.07. The van der Waals surface area contributed by atoms with Crippen LogP contribution in [-0.2, 0) is 0 Å². The largest absolute Gasteiger partial charge is 0.329 e. The predicted octanol–water partition coefficient (Wildman–Crippen LogP) is 1.64. The van der Waals surface area contributed by atoms with E-state index in [1.165, 1.54) is 11.1 Å². The Kier molecular flexibility index (Phi) is 4.11. The zero-order valence-electron chi connectivity index (χ0n) is 7.48. The number of aromatic nitrogens is 2. The van der Waals surface area contributed by atoms with E-state index in [-0.39, 0.29) is 23.4 Å². The molecule has 0 N–H and O–H groups in total. The van der Waals surface area contributed by atoms with Gasteiger partial charge in [-0.2, -0.15) is 15.5 Å². The van der Waals surface area contributed by atoms with Gasteiger partial charge in [-0.05, 0) is 11.6 Å². The molecule has 0 aliphatic heterocycles. The number of rotatable bonds is 3. The summed E-state index contributed by atoms with van der Waals surface area (Å²) in [6.07, 6.45) is 1.33. The minimum absolute atomic E-state index is 0.0145. The summed E-state index contributed by atoms with van der Waals surface area (Å²) < 4.78 is 0. The maximum absolute atomic E-state index is 8.56. The molecule has 0 fully saturated rings. The van der Waals surface area contributed by atoms with Crippen molar-refractivity contribution in [2.45, 2.75) is 0 Å². The smallest absolute Gasteiger partial charge is 0.224 e. The molecule has 5 nitrogen and oxygen atoms in total. The maximum Gasteiger partial charge on any atom is 0.224 e. The second kappa shape index (κ2) is 5.35. The first-order valence-corrected chi connectivity index (χ1v) is 4.61. The fourth-order valence-electron chi connectivity index (χ4n) is 0.935. The van der Waals surface area contributed by atoms with Crippen LogP contribution in [0.25, 0.3) is 0 Å². The van der Waals surface area contributed by atoms with Gasteiger partial charge < -0.3 is 4.90 Å². The monoisotopic (exact) mass is 241 g/mol. The summed E-state index contributed by atoms with van der Waals surface area (Å²) in [5.74, 6) is 0.291. The second-order valence-electron chi connectivity index (χ2n) is 2.48. The second-order valence-corrected chi connectivity index (χ2v) is 3.23. The van der Waals surface area contributed by atoms with Gasteiger partial charge in [0.15, 0.2) is 5.82 Å². The van der Waals surface area contributed by atoms with Gasteiger partial charge in [0.05, 0.1) is 18.3 Å². The molecular formula is C8H5Cl2N5. The molecule has 76 valence electrons. The molecule has 0 unspecified atom stereocenters. The van der Waals surface area contributed by atoms with Crippen LogP contribution in [0.3, 0.4) is 0 Å². The minimum atomic E-state index is 0.0145. The highest BCUT2D eigenvalue weighted by Crippen LogP contribution is 2.23. The molecule has 0 bridgehead atoms. The van der Waals surface area contributed by atoms with Gasteiger partial charge in [0, 0.05) is 0 Å². The summed E-state index contributed by atoms with van der Waals surface area (Å²) in [6, 6.07) is 3.82. The fourth-order valence-corrected chi connectivity index (χ4v) is 1.27. The molecule has 1 rings (SSSR count). The van der Waals surface area contributed by atoms with E-state index in [0.29, 0.717) is 5.82 Å². The number of anilines is 1. The Bertz CT molecular complexity index is 418. The third-order valence-electron chi connectivity index (χ3n) is 1.52. The highest BCUT2D eigenvalue weighted by molar-refractivity contribution is 6.33. The first-order chi connectivity index (χ1) is 7.19. The van der Waals surface area contributed by atoms with Crippen LogP contribution in [0.1, 0.15) is 0 Å². The molecule has 0 aliphatic carbocycles. The molecule has 0 aliphatic rings. The van der Waals surface area contributed by atoms with Crippen LogP contribution >= 0.6 is 23.2 Å². The molecule has 0 amide bonds. The lowest BCUT2D eigenvalue weighted by molar-refractivity contribution is 0.926. The van der Waals surface area contributed by atoms with Crippen molar-refractivity contribution in [2.75, 3.05) is 18.0 Å². The molecule has 1 aromatic heterocycles. The molecule has 7 heteroatoms. The van der Waals surface area contributed by atoms with Crippen LogP contribution < -0.4 is 4.90 Å². The van der Waals surface area contributed by atoms with Crippen molar-refractivity contribution in [3.63, 3.8) is 0 Å². The third-order valence-corrected chi connectivity index (χ3v) is 1.97. The average Bonchev–Trinajstić information content (AvgIpc) is 2.21. The molecule has 0 spiro atoms. The SMILES string of the molecule is N#CCN(CC#N)c1nc(Cl)ncc1Cl. The molecule has 0 radical (unpaired) electrons. The first kappa shape index (κ1) is 11.5. The van der Waals surface area contributed by atoms with Crippen molar-refractivity contribution in [3.8, 4) is 12.1 Å². The minimum Gasteiger partial charge on any atom is -0.329 e. The van der Waals surface area contributed by atoms with Crippen molar-refractivity contribution in [2.24, 2.45) is 0 Å². The summed E-state index contributed by atoms with van der Waals surface area (Å²) in [7, 11) is 0. The highest BCUT2D eigenvalue weighted by atomic mass is 35.5. The number of nitrogens with zero attached hydrogens (tertiary/aromatic N) is 5. The van der Waals surface area contributed by atoms with E-state index in [9.17, 15) is 0 Å². The Morgan fingerprint density at radius 3 is 2.40 bits per heavy atom. The maximum atomic E-state index is 8.56. The molecule has 1 heterocycles. The zero-order valence-corrected chi connectivity index (χ0v) is 9.00. The van der Waals surface area contributed by atoms with Crippen molar-refractivity contribution >= 4 is 29.0 Å². The Hall–Kier alpha value is -1.56. The van der Waals surface area contributed by atoms with E-state index in [1.807, 2.05) is 12.1 Å². The van der Waals surface area contributed by atoms with Crippen LogP contribution in [0.5, 0.6) is 0 Å². The van der Waals surface area contributed by atoms with Crippen molar-refractivity contribution in [1.82, 2.24) is 9.97 Å². The van der Waals surface area contributed by atoms with Gasteiger partial charge in [-0.3, -0.25) is 0 Å². The van der Waals surface area contributed by atoms with Crippen molar-refractivity contribution in [3.05, 3.63) is 16.5 Å². The van der Waals surface area contributed by atoms with Gasteiger partial charge in [-0.1, -0.05) is 11.6 Å². The predicted molar refractivity (Wildman–Crippen MR) is 55.5 cm³/mol. The van der Waals surface area contributed by atoms with Crippen LogP contribution in [0, 0.1) is 22.7 Å². The van der Waals surface area contributed by atoms with Crippen molar-refractivity contribution in [1.29, 1.82) is 10.5 Å². The lowest BCUT2D eigenvalue weighted by atomic mass is 10.4. The Morgan fingerprint density at radius 2 is 1.87 bits per heavy atom. The third kappa shape index (κ3) is 2.95. The van der Waals surface area contributed by atoms with Gasteiger partial charge in [0.25, 0.3) is 0 Å². The molecule has 1 aromatic rings. The van der Waals surface area contributed by atoms with Crippen LogP contribution in [0.2, 0.25) is 10.3 Å². The van der Waals surface area contributed by atoms with E-state index in [4.69, 9.17) is 33.7 Å². The molecular weight excluding hydrogens is 237 g/mol. The van der Waals surface area contributed by atoms with Crippen molar-refractivity contribution < 1.29 is 0 Å². The lowest BCUT2D eigenvalue weighted by Gasteiger charge is -2.17. The van der Waals surface area contributed by atoms with Gasteiger partial charge in [-0.15, -0.1) is 0 Å². The van der Waals surface area contributed by atoms with Crippen LogP contribution in [0.15, 0.2) is 6.20 Å². The molecule has 0 atom stereocenters. The number of nitriles is 2. The van der Waals surface area contributed by atoms with Gasteiger partial charge in [0.2, 0.25) is 5.28 Å². The Labute approximate surface area is 96.5 Å². The van der Waals surface area contributed by atoms with Crippen LogP contribution in [0.4, 0.5) is 5.82 Å². The Balaban J connectivity index is 3.06. The first-order valence-electron chi connectivity index (χ1n) is 3.86. The number of hydrogen-bond acceptors (Lipinski definition) is 5. The average molecular weight is 242 g/mol. The number of hydrogen-bond donors (Lipinski definition) is 0. The molecule has 0 saturated heterocycles. The highest BCUT2D eigenvalue weighted by Gasteiger charge is 2.12. The zero-order chi connectivity index (χ0) is 11.3. The van der Waals surface area contributed by atoms with E-state index in [2.05, 4.69) is 9.97 Å². The van der Waals surface area contributed by atoms with Gasteiger partial charge in [0.1, 0.15) is 18.1 Å². The van der Waals surface area contributed by atoms with E-state index in [1.54, 1.807) is 0 Å². The topological polar surface area (TPSA) is 76.6 Å². The van der Waals surface area contributed by atoms with Gasteiger partial charge in [-0.25, -0.2) is 4.98 Å². The summed E-state index contributed by atoms with van der Waals surface area (Å²) in [4.78, 5) is 8.94. The fraction of sp³-hybridized carbons (Fsp3) is 0.250. The Morgan fingerprint density at radius 1 is 1.27 bits per heavy atom. The standard InChI is InChI=1S/C8H5Cl2N5/c9-6-5-13-8(10)14-7(6)15(3-1-11)4-2-12/h5H,3-4H2. The molecule has 15 heavy (non-hydrogen) atoms. The van der Waals surface area contributed by atoms with Gasteiger partial charge >= 0.3 is 0 Å². The van der Waals surface area contributed by atoms with E-state index in [0.717, 1.165) is 0 Å². The lowest BCUT2D eigenvalue weighted by Crippen LogP contribution is -2.25. The molecule has 0 saturated carbocycles. The summed E-state index contributed by atoms with van der Waals surface area (Å²) in [5.41, 5.74) is 0. The quantitative estimate of drug-likeness (QED) is 0.594. The summed E-state index contributed by atoms with van der Waals surface area (Å²) in [5, 5.41) is 17.4.